The molecule has 1 aliphatic rings. The highest BCUT2D eigenvalue weighted by molar-refractivity contribution is 8.07. The lowest BCUT2D eigenvalue weighted by atomic mass is 10.1. The summed E-state index contributed by atoms with van der Waals surface area (Å²) in [6.45, 7) is 5.62. The summed E-state index contributed by atoms with van der Waals surface area (Å²) < 4.78 is 6.12. The maximum atomic E-state index is 12.3. The van der Waals surface area contributed by atoms with Crippen LogP contribution >= 0.6 is 23.1 Å². The van der Waals surface area contributed by atoms with Gasteiger partial charge in [-0.05, 0) is 36.4 Å². The van der Waals surface area contributed by atoms with Crippen molar-refractivity contribution in [2.75, 3.05) is 20.2 Å². The van der Waals surface area contributed by atoms with Gasteiger partial charge in [-0.25, -0.2) is 9.78 Å². The Balaban J connectivity index is 2.11. The van der Waals surface area contributed by atoms with Gasteiger partial charge in [0.05, 0.1) is 17.3 Å². The third-order valence-electron chi connectivity index (χ3n) is 3.55. The van der Waals surface area contributed by atoms with E-state index in [9.17, 15) is 4.79 Å². The molecule has 1 aliphatic heterocycles. The van der Waals surface area contributed by atoms with Crippen LogP contribution in [0, 0.1) is 0 Å². The molecule has 0 fully saturated rings. The lowest BCUT2D eigenvalue weighted by molar-refractivity contribution is -0.135. The van der Waals surface area contributed by atoms with E-state index in [2.05, 4.69) is 18.0 Å². The van der Waals surface area contributed by atoms with Crippen LogP contribution in [0.3, 0.4) is 0 Å². The van der Waals surface area contributed by atoms with Gasteiger partial charge in [0.15, 0.2) is 0 Å². The predicted molar refractivity (Wildman–Crippen MR) is 97.4 cm³/mol. The van der Waals surface area contributed by atoms with Crippen molar-refractivity contribution in [3.8, 4) is 0 Å². The number of carbonyl (C=O) groups is 1. The Morgan fingerprint density at radius 1 is 1.39 bits per heavy atom. The molecule has 0 aliphatic carbocycles. The van der Waals surface area contributed by atoms with E-state index in [1.54, 1.807) is 11.3 Å². The highest BCUT2D eigenvalue weighted by atomic mass is 32.2. The average molecular weight is 346 g/mol. The molecule has 0 unspecified atom stereocenters. The first-order valence-corrected chi connectivity index (χ1v) is 9.06. The summed E-state index contributed by atoms with van der Waals surface area (Å²) in [6.07, 6.45) is 1.73. The van der Waals surface area contributed by atoms with Gasteiger partial charge < -0.3 is 10.1 Å². The third kappa shape index (κ3) is 3.65. The second kappa shape index (κ2) is 7.29. The Kier molecular flexibility index (Phi) is 5.15. The van der Waals surface area contributed by atoms with Crippen molar-refractivity contribution < 1.29 is 9.53 Å². The summed E-state index contributed by atoms with van der Waals surface area (Å²) >= 11 is 3.01. The summed E-state index contributed by atoms with van der Waals surface area (Å²) in [5.74, 6) is -0.313. The monoisotopic (exact) mass is 346 g/mol. The smallest absolute Gasteiger partial charge is 0.345 e. The van der Waals surface area contributed by atoms with E-state index in [4.69, 9.17) is 9.72 Å². The first-order valence-electron chi connectivity index (χ1n) is 7.43. The molecule has 3 rings (SSSR count). The lowest BCUT2D eigenvalue weighted by Gasteiger charge is -2.11. The number of benzene rings is 1. The molecule has 2 heterocycles. The number of ether oxygens (including phenoxy) is 1. The molecule has 1 aromatic carbocycles. The van der Waals surface area contributed by atoms with E-state index in [0.717, 1.165) is 45.1 Å². The molecule has 1 N–H and O–H groups in total. The van der Waals surface area contributed by atoms with E-state index in [1.807, 2.05) is 18.2 Å². The Bertz CT molecular complexity index is 747. The SMILES string of the molecule is C=C1CNCCC/C(c2nc3ccccc3s2)=C(/C(=O)OC)S1. The van der Waals surface area contributed by atoms with E-state index in [0.29, 0.717) is 11.4 Å². The number of rotatable bonds is 2. The molecule has 1 aromatic heterocycles. The van der Waals surface area contributed by atoms with Crippen molar-refractivity contribution in [2.24, 2.45) is 0 Å². The molecule has 0 saturated heterocycles. The minimum atomic E-state index is -0.313. The Morgan fingerprint density at radius 3 is 3.00 bits per heavy atom. The number of para-hydroxylation sites is 1. The summed E-state index contributed by atoms with van der Waals surface area (Å²) in [6, 6.07) is 8.03. The van der Waals surface area contributed by atoms with Crippen LogP contribution in [0.2, 0.25) is 0 Å². The number of allylic oxidation sites excluding steroid dienone is 1. The van der Waals surface area contributed by atoms with Gasteiger partial charge in [-0.2, -0.15) is 0 Å². The van der Waals surface area contributed by atoms with Crippen LogP contribution in [-0.4, -0.2) is 31.2 Å². The highest BCUT2D eigenvalue weighted by Gasteiger charge is 2.22. The van der Waals surface area contributed by atoms with Crippen LogP contribution in [0.15, 0.2) is 40.7 Å². The molecule has 0 radical (unpaired) electrons. The lowest BCUT2D eigenvalue weighted by Crippen LogP contribution is -2.16. The number of hydrogen-bond donors (Lipinski definition) is 1. The zero-order valence-corrected chi connectivity index (χ0v) is 14.6. The van der Waals surface area contributed by atoms with Crippen molar-refractivity contribution in [1.29, 1.82) is 0 Å². The number of nitrogens with one attached hydrogen (secondary N) is 1. The molecule has 0 saturated carbocycles. The Labute approximate surface area is 143 Å². The van der Waals surface area contributed by atoms with Crippen LogP contribution in [0.1, 0.15) is 17.8 Å². The summed E-state index contributed by atoms with van der Waals surface area (Å²) in [5, 5.41) is 4.23. The van der Waals surface area contributed by atoms with Gasteiger partial charge in [0.2, 0.25) is 0 Å². The van der Waals surface area contributed by atoms with E-state index in [-0.39, 0.29) is 5.97 Å². The predicted octanol–water partition coefficient (Wildman–Crippen LogP) is 3.81. The quantitative estimate of drug-likeness (QED) is 0.838. The minimum Gasteiger partial charge on any atom is -0.465 e. The summed E-state index contributed by atoms with van der Waals surface area (Å²) in [4.78, 5) is 18.5. The molecule has 6 heteroatoms. The standard InChI is InChI=1S/C17H18N2O2S2/c1-11-10-18-9-5-6-12(15(22-11)17(20)21-2)16-19-13-7-3-4-8-14(13)23-16/h3-4,7-8,18H,1,5-6,9-10H2,2H3/b15-12+. The fourth-order valence-corrected chi connectivity index (χ4v) is 4.50. The topological polar surface area (TPSA) is 51.2 Å². The molecule has 0 bridgehead atoms. The van der Waals surface area contributed by atoms with Crippen LogP contribution < -0.4 is 5.32 Å². The normalized spacial score (nSPS) is 20.0. The van der Waals surface area contributed by atoms with Gasteiger partial charge in [-0.1, -0.05) is 30.5 Å². The highest BCUT2D eigenvalue weighted by Crippen LogP contribution is 2.38. The van der Waals surface area contributed by atoms with Crippen molar-refractivity contribution in [1.82, 2.24) is 10.3 Å². The second-order valence-electron chi connectivity index (χ2n) is 5.21. The van der Waals surface area contributed by atoms with E-state index >= 15 is 0 Å². The fraction of sp³-hybridized carbons (Fsp3) is 0.294. The second-order valence-corrected chi connectivity index (χ2v) is 7.43. The number of esters is 1. The zero-order valence-electron chi connectivity index (χ0n) is 12.9. The van der Waals surface area contributed by atoms with Crippen LogP contribution in [0.25, 0.3) is 15.8 Å². The molecule has 23 heavy (non-hydrogen) atoms. The zero-order chi connectivity index (χ0) is 16.2. The number of hydrogen-bond acceptors (Lipinski definition) is 6. The van der Waals surface area contributed by atoms with Gasteiger partial charge >= 0.3 is 5.97 Å². The first-order chi connectivity index (χ1) is 11.2. The third-order valence-corrected chi connectivity index (χ3v) is 5.69. The van der Waals surface area contributed by atoms with Crippen LogP contribution in [-0.2, 0) is 9.53 Å². The van der Waals surface area contributed by atoms with Crippen molar-refractivity contribution >= 4 is 44.9 Å². The molecule has 4 nitrogen and oxygen atoms in total. The molecule has 120 valence electrons. The number of thioether (sulfide) groups is 1. The minimum absolute atomic E-state index is 0.313. The van der Waals surface area contributed by atoms with Gasteiger partial charge in [-0.15, -0.1) is 11.3 Å². The molecular weight excluding hydrogens is 328 g/mol. The summed E-state index contributed by atoms with van der Waals surface area (Å²) in [5.41, 5.74) is 1.93. The number of nitrogens with zero attached hydrogens (tertiary/aromatic N) is 1. The van der Waals surface area contributed by atoms with Gasteiger partial charge in [0.1, 0.15) is 9.91 Å². The van der Waals surface area contributed by atoms with Crippen LogP contribution in [0.5, 0.6) is 0 Å². The number of methoxy groups -OCH3 is 1. The Morgan fingerprint density at radius 2 is 2.22 bits per heavy atom. The number of fused-ring (bicyclic) bond motifs is 1. The van der Waals surface area contributed by atoms with E-state index < -0.39 is 0 Å². The maximum Gasteiger partial charge on any atom is 0.345 e. The van der Waals surface area contributed by atoms with Crippen molar-refractivity contribution in [2.45, 2.75) is 12.8 Å². The van der Waals surface area contributed by atoms with Crippen molar-refractivity contribution in [3.05, 3.63) is 45.7 Å². The van der Waals surface area contributed by atoms with Gasteiger partial charge in [0.25, 0.3) is 0 Å². The summed E-state index contributed by atoms with van der Waals surface area (Å²) in [7, 11) is 1.42. The van der Waals surface area contributed by atoms with Crippen LogP contribution in [0.4, 0.5) is 0 Å². The number of thiazole rings is 1. The van der Waals surface area contributed by atoms with Gasteiger partial charge in [-0.3, -0.25) is 0 Å². The molecule has 0 atom stereocenters. The van der Waals surface area contributed by atoms with E-state index in [1.165, 1.54) is 18.9 Å². The molecular formula is C17H18N2O2S2. The molecule has 2 aromatic rings. The number of carbonyl (C=O) groups excluding carboxylic acids is 1. The Hall–Kier alpha value is -1.63. The molecule has 0 spiro atoms. The van der Waals surface area contributed by atoms with Gasteiger partial charge in [0, 0.05) is 12.1 Å². The maximum absolute atomic E-state index is 12.3. The fourth-order valence-electron chi connectivity index (χ4n) is 2.44. The van der Waals surface area contributed by atoms with Crippen molar-refractivity contribution in [3.63, 3.8) is 0 Å². The molecule has 0 amide bonds. The number of aromatic nitrogens is 1. The average Bonchev–Trinajstić information content (AvgIpc) is 3.01. The first kappa shape index (κ1) is 16.2. The largest absolute Gasteiger partial charge is 0.465 e.